The number of methoxy groups -OCH3 is 1. The summed E-state index contributed by atoms with van der Waals surface area (Å²) in [5.41, 5.74) is 1.71. The van der Waals surface area contributed by atoms with Gasteiger partial charge in [0.15, 0.2) is 0 Å². The Balaban J connectivity index is 1.41. The van der Waals surface area contributed by atoms with E-state index in [2.05, 4.69) is 6.58 Å². The van der Waals surface area contributed by atoms with Crippen LogP contribution in [0.25, 0.3) is 0 Å². The maximum Gasteiger partial charge on any atom is 0.313 e. The minimum absolute atomic E-state index is 0.312. The van der Waals surface area contributed by atoms with E-state index in [-0.39, 0.29) is 0 Å². The molecule has 4 fully saturated rings. The lowest BCUT2D eigenvalue weighted by Gasteiger charge is -2.62. The van der Waals surface area contributed by atoms with Gasteiger partial charge in [-0.1, -0.05) is 48.5 Å². The largest absolute Gasteiger partial charge is 0.497 e. The van der Waals surface area contributed by atoms with Gasteiger partial charge in [-0.25, -0.2) is 0 Å². The summed E-state index contributed by atoms with van der Waals surface area (Å²) in [6, 6.07) is 17.1. The van der Waals surface area contributed by atoms with Crippen molar-refractivity contribution in [1.29, 1.82) is 0 Å². The molecule has 0 amide bonds. The van der Waals surface area contributed by atoms with Crippen LogP contribution in [-0.4, -0.2) is 55.4 Å². The highest BCUT2D eigenvalue weighted by Crippen LogP contribution is 2.51. The SMILES string of the molecule is C=CCO[C@H]1[C@H]2O[C@@]3(c4ccccc4)O[C@@H]1[C@@H](O)[C@H](O3)[C@H]2OCc1ccc(OC)cc1. The molecule has 2 aromatic carbocycles. The summed E-state index contributed by atoms with van der Waals surface area (Å²) < 4.78 is 36.0. The molecule has 4 aliphatic rings. The second kappa shape index (κ2) is 8.35. The molecular formula is C24H26O7. The number of rotatable bonds is 8. The van der Waals surface area contributed by atoms with Crippen LogP contribution in [0.1, 0.15) is 11.1 Å². The molecule has 2 aromatic rings. The van der Waals surface area contributed by atoms with E-state index in [9.17, 15) is 5.11 Å². The zero-order chi connectivity index (χ0) is 21.4. The molecule has 7 nitrogen and oxygen atoms in total. The van der Waals surface area contributed by atoms with Gasteiger partial charge in [0, 0.05) is 5.56 Å². The zero-order valence-corrected chi connectivity index (χ0v) is 17.3. The fraction of sp³-hybridized carbons (Fsp3) is 0.417. The van der Waals surface area contributed by atoms with E-state index in [0.717, 1.165) is 16.9 Å². The van der Waals surface area contributed by atoms with Gasteiger partial charge < -0.3 is 33.5 Å². The third-order valence-corrected chi connectivity index (χ3v) is 5.98. The number of ether oxygens (including phenoxy) is 6. The van der Waals surface area contributed by atoms with Gasteiger partial charge in [-0.15, -0.1) is 6.58 Å². The monoisotopic (exact) mass is 426 g/mol. The van der Waals surface area contributed by atoms with E-state index in [1.807, 2.05) is 54.6 Å². The minimum atomic E-state index is -1.38. The molecule has 31 heavy (non-hydrogen) atoms. The normalized spacial score (nSPS) is 35.8. The van der Waals surface area contributed by atoms with Crippen molar-refractivity contribution in [3.05, 3.63) is 78.4 Å². The van der Waals surface area contributed by atoms with Gasteiger partial charge in [0.25, 0.3) is 0 Å². The van der Waals surface area contributed by atoms with Crippen LogP contribution >= 0.6 is 0 Å². The average molecular weight is 426 g/mol. The summed E-state index contributed by atoms with van der Waals surface area (Å²) in [6.45, 7) is 4.36. The number of aliphatic hydroxyl groups is 1. The molecule has 4 bridgehead atoms. The zero-order valence-electron chi connectivity index (χ0n) is 17.3. The van der Waals surface area contributed by atoms with Crippen LogP contribution in [0, 0.1) is 0 Å². The van der Waals surface area contributed by atoms with E-state index in [0.29, 0.717) is 13.2 Å². The first-order valence-corrected chi connectivity index (χ1v) is 10.4. The Morgan fingerprint density at radius 2 is 1.58 bits per heavy atom. The highest BCUT2D eigenvalue weighted by Gasteiger charge is 2.68. The van der Waals surface area contributed by atoms with Crippen molar-refractivity contribution >= 4 is 0 Å². The lowest BCUT2D eigenvalue weighted by molar-refractivity contribution is -0.551. The maximum atomic E-state index is 11.0. The minimum Gasteiger partial charge on any atom is -0.497 e. The fourth-order valence-corrected chi connectivity index (χ4v) is 4.48. The summed E-state index contributed by atoms with van der Waals surface area (Å²) in [5.74, 6) is -0.602. The highest BCUT2D eigenvalue weighted by molar-refractivity contribution is 5.27. The third-order valence-electron chi connectivity index (χ3n) is 5.98. The first kappa shape index (κ1) is 20.6. The van der Waals surface area contributed by atoms with Gasteiger partial charge in [-0.2, -0.15) is 0 Å². The van der Waals surface area contributed by atoms with Gasteiger partial charge in [0.05, 0.1) is 20.3 Å². The molecule has 0 spiro atoms. The Labute approximate surface area is 181 Å². The molecule has 1 saturated carbocycles. The van der Waals surface area contributed by atoms with Gasteiger partial charge in [0.2, 0.25) is 0 Å². The van der Waals surface area contributed by atoms with Gasteiger partial charge in [-0.05, 0) is 17.7 Å². The van der Waals surface area contributed by atoms with Crippen molar-refractivity contribution in [2.24, 2.45) is 0 Å². The van der Waals surface area contributed by atoms with Crippen molar-refractivity contribution in [3.63, 3.8) is 0 Å². The molecule has 0 unspecified atom stereocenters. The van der Waals surface area contributed by atoms with Crippen LogP contribution in [0.5, 0.6) is 5.75 Å². The Morgan fingerprint density at radius 3 is 2.23 bits per heavy atom. The second-order valence-corrected chi connectivity index (χ2v) is 7.87. The summed E-state index contributed by atoms with van der Waals surface area (Å²) >= 11 is 0. The molecule has 6 rings (SSSR count). The topological polar surface area (TPSA) is 75.6 Å². The Hall–Kier alpha value is -2.26. The summed E-state index contributed by atoms with van der Waals surface area (Å²) in [7, 11) is 1.63. The highest BCUT2D eigenvalue weighted by atomic mass is 16.9. The van der Waals surface area contributed by atoms with E-state index in [1.54, 1.807) is 13.2 Å². The number of hydrogen-bond acceptors (Lipinski definition) is 7. The molecule has 0 aromatic heterocycles. The number of benzene rings is 2. The Bertz CT molecular complexity index is 902. The maximum absolute atomic E-state index is 11.0. The van der Waals surface area contributed by atoms with E-state index < -0.39 is 42.6 Å². The summed E-state index contributed by atoms with van der Waals surface area (Å²) in [6.07, 6.45) is -1.96. The van der Waals surface area contributed by atoms with Crippen LogP contribution in [0.3, 0.4) is 0 Å². The van der Waals surface area contributed by atoms with Gasteiger partial charge in [-0.3, -0.25) is 0 Å². The molecule has 3 saturated heterocycles. The van der Waals surface area contributed by atoms with Crippen LogP contribution in [0.4, 0.5) is 0 Å². The number of hydrogen-bond donors (Lipinski definition) is 1. The standard InChI is InChI=1S/C24H26O7/c1-3-13-27-21-19-18(25)20-22(28-14-15-9-11-17(26-2)12-10-15)23(21)31-24(29-19,30-20)16-7-5-4-6-8-16/h3-12,18-23,25H,1,13-14H2,2H3/t18-,19-,20+,21-,22-,23-,24+/m1/s1. The molecular weight excluding hydrogens is 400 g/mol. The predicted octanol–water partition coefficient (Wildman–Crippen LogP) is 2.52. The van der Waals surface area contributed by atoms with Gasteiger partial charge in [0.1, 0.15) is 42.4 Å². The smallest absolute Gasteiger partial charge is 0.313 e. The van der Waals surface area contributed by atoms with Crippen LogP contribution in [0.15, 0.2) is 67.3 Å². The Kier molecular flexibility index (Phi) is 5.56. The van der Waals surface area contributed by atoms with Crippen LogP contribution < -0.4 is 4.74 Å². The Morgan fingerprint density at radius 1 is 0.935 bits per heavy atom. The van der Waals surface area contributed by atoms with E-state index >= 15 is 0 Å². The van der Waals surface area contributed by atoms with Crippen molar-refractivity contribution in [1.82, 2.24) is 0 Å². The molecule has 1 aliphatic carbocycles. The quantitative estimate of drug-likeness (QED) is 0.650. The molecule has 3 aliphatic heterocycles. The first-order chi connectivity index (χ1) is 15.1. The van der Waals surface area contributed by atoms with Crippen molar-refractivity contribution < 1.29 is 33.5 Å². The average Bonchev–Trinajstić information content (AvgIpc) is 2.82. The molecule has 1 N–H and O–H groups in total. The molecule has 164 valence electrons. The predicted molar refractivity (Wildman–Crippen MR) is 110 cm³/mol. The summed E-state index contributed by atoms with van der Waals surface area (Å²) in [5, 5.41) is 11.0. The van der Waals surface area contributed by atoms with Crippen molar-refractivity contribution in [2.45, 2.75) is 49.2 Å². The molecule has 7 heteroatoms. The van der Waals surface area contributed by atoms with Crippen LogP contribution in [-0.2, 0) is 36.3 Å². The molecule has 0 radical (unpaired) electrons. The van der Waals surface area contributed by atoms with Crippen LogP contribution in [0.2, 0.25) is 0 Å². The summed E-state index contributed by atoms with van der Waals surface area (Å²) in [4.78, 5) is 0. The van der Waals surface area contributed by atoms with Gasteiger partial charge >= 0.3 is 5.97 Å². The number of aliphatic hydroxyl groups excluding tert-OH is 1. The fourth-order valence-electron chi connectivity index (χ4n) is 4.48. The lowest BCUT2D eigenvalue weighted by atomic mass is 9.81. The third kappa shape index (κ3) is 3.57. The van der Waals surface area contributed by atoms with Crippen molar-refractivity contribution in [2.75, 3.05) is 13.7 Å². The molecule has 3 heterocycles. The van der Waals surface area contributed by atoms with Crippen molar-refractivity contribution in [3.8, 4) is 5.75 Å². The second-order valence-electron chi connectivity index (χ2n) is 7.87. The first-order valence-electron chi connectivity index (χ1n) is 10.4. The van der Waals surface area contributed by atoms with E-state index in [4.69, 9.17) is 28.4 Å². The molecule has 7 atom stereocenters. The lowest BCUT2D eigenvalue weighted by Crippen LogP contribution is -2.78. The van der Waals surface area contributed by atoms with E-state index in [1.165, 1.54) is 0 Å².